The minimum Gasteiger partial charge on any atom is -0.454 e. The van der Waals surface area contributed by atoms with Gasteiger partial charge in [-0.3, -0.25) is 24.1 Å². The van der Waals surface area contributed by atoms with Crippen LogP contribution in [-0.2, 0) is 23.9 Å². The Balaban J connectivity index is 1.23. The zero-order chi connectivity index (χ0) is 23.9. The van der Waals surface area contributed by atoms with Crippen molar-refractivity contribution in [2.45, 2.75) is 25.2 Å². The molecular formula is C27H28N2O5. The highest BCUT2D eigenvalue weighted by Crippen LogP contribution is 2.34. The first-order valence-electron chi connectivity index (χ1n) is 11.6. The van der Waals surface area contributed by atoms with E-state index in [1.165, 1.54) is 0 Å². The molecule has 176 valence electrons. The van der Waals surface area contributed by atoms with Gasteiger partial charge in [-0.1, -0.05) is 72.8 Å². The number of rotatable bonds is 9. The van der Waals surface area contributed by atoms with Crippen molar-refractivity contribution in [3.8, 4) is 0 Å². The maximum atomic E-state index is 12.4. The SMILES string of the molecule is O=C(COC(=O)CN1C(=O)C2CC=CCC2C1=O)NCCC(c1ccccc1)c1ccccc1. The summed E-state index contributed by atoms with van der Waals surface area (Å²) in [4.78, 5) is 50.3. The second-order valence-electron chi connectivity index (χ2n) is 8.59. The lowest BCUT2D eigenvalue weighted by atomic mass is 9.85. The van der Waals surface area contributed by atoms with Crippen molar-refractivity contribution in [3.05, 3.63) is 83.9 Å². The van der Waals surface area contributed by atoms with Crippen molar-refractivity contribution in [1.29, 1.82) is 0 Å². The quantitative estimate of drug-likeness (QED) is 0.353. The Hall–Kier alpha value is -3.74. The summed E-state index contributed by atoms with van der Waals surface area (Å²) >= 11 is 0. The zero-order valence-electron chi connectivity index (χ0n) is 18.9. The molecule has 2 unspecified atom stereocenters. The molecule has 1 aliphatic carbocycles. The number of likely N-dealkylation sites (tertiary alicyclic amines) is 1. The van der Waals surface area contributed by atoms with Crippen molar-refractivity contribution in [2.24, 2.45) is 11.8 Å². The first kappa shape index (κ1) is 23.4. The van der Waals surface area contributed by atoms with Crippen LogP contribution in [0.1, 0.15) is 36.3 Å². The van der Waals surface area contributed by atoms with Crippen molar-refractivity contribution >= 4 is 23.7 Å². The lowest BCUT2D eigenvalue weighted by Gasteiger charge is -2.18. The van der Waals surface area contributed by atoms with Gasteiger partial charge in [0.2, 0.25) is 11.8 Å². The van der Waals surface area contributed by atoms with Crippen molar-refractivity contribution in [2.75, 3.05) is 19.7 Å². The lowest BCUT2D eigenvalue weighted by Crippen LogP contribution is -2.38. The third-order valence-corrected chi connectivity index (χ3v) is 6.41. The van der Waals surface area contributed by atoms with Gasteiger partial charge in [0, 0.05) is 12.5 Å². The van der Waals surface area contributed by atoms with E-state index in [2.05, 4.69) is 29.6 Å². The minimum absolute atomic E-state index is 0.121. The first-order chi connectivity index (χ1) is 16.5. The summed E-state index contributed by atoms with van der Waals surface area (Å²) in [5.41, 5.74) is 2.31. The van der Waals surface area contributed by atoms with Crippen LogP contribution in [0.15, 0.2) is 72.8 Å². The molecule has 2 aromatic carbocycles. The average molecular weight is 461 g/mol. The number of hydrogen-bond donors (Lipinski definition) is 1. The van der Waals surface area contributed by atoms with Crippen molar-refractivity contribution < 1.29 is 23.9 Å². The number of esters is 1. The Morgan fingerprint density at radius 2 is 1.41 bits per heavy atom. The largest absolute Gasteiger partial charge is 0.454 e. The molecule has 2 atom stereocenters. The zero-order valence-corrected chi connectivity index (χ0v) is 18.9. The summed E-state index contributed by atoms with van der Waals surface area (Å²) in [7, 11) is 0. The number of ether oxygens (including phenoxy) is 1. The molecule has 0 bridgehead atoms. The normalized spacial score (nSPS) is 19.3. The molecule has 1 heterocycles. The Bertz CT molecular complexity index is 1000. The van der Waals surface area contributed by atoms with E-state index in [4.69, 9.17) is 4.74 Å². The molecule has 7 nitrogen and oxygen atoms in total. The Morgan fingerprint density at radius 3 is 1.94 bits per heavy atom. The number of fused-ring (bicyclic) bond motifs is 1. The van der Waals surface area contributed by atoms with Crippen LogP contribution >= 0.6 is 0 Å². The van der Waals surface area contributed by atoms with Crippen molar-refractivity contribution in [3.63, 3.8) is 0 Å². The molecule has 3 amide bonds. The molecule has 34 heavy (non-hydrogen) atoms. The van der Waals surface area contributed by atoms with Crippen LogP contribution in [0, 0.1) is 11.8 Å². The van der Waals surface area contributed by atoms with Gasteiger partial charge in [0.1, 0.15) is 6.54 Å². The summed E-state index contributed by atoms with van der Waals surface area (Å²) in [6.45, 7) is -0.503. The maximum Gasteiger partial charge on any atom is 0.326 e. The number of nitrogens with zero attached hydrogens (tertiary/aromatic N) is 1. The standard InChI is InChI=1S/C27H28N2O5/c30-24(18-34-25(31)17-29-26(32)22-13-7-8-14-23(22)27(29)33)28-16-15-21(19-9-3-1-4-10-19)20-11-5-2-6-12-20/h1-12,21-23H,13-18H2,(H,28,30). The van der Waals surface area contributed by atoms with Gasteiger partial charge < -0.3 is 10.1 Å². The maximum absolute atomic E-state index is 12.4. The van der Waals surface area contributed by atoms with Crippen molar-refractivity contribution in [1.82, 2.24) is 10.2 Å². The van der Waals surface area contributed by atoms with E-state index in [9.17, 15) is 19.2 Å². The van der Waals surface area contributed by atoms with Crippen LogP contribution in [0.3, 0.4) is 0 Å². The molecule has 1 fully saturated rings. The molecule has 4 rings (SSSR count). The van der Waals surface area contributed by atoms with E-state index in [1.807, 2.05) is 48.6 Å². The molecule has 0 aromatic heterocycles. The summed E-state index contributed by atoms with van der Waals surface area (Å²) in [6.07, 6.45) is 5.48. The van der Waals surface area contributed by atoms with Gasteiger partial charge in [-0.15, -0.1) is 0 Å². The van der Waals surface area contributed by atoms with Crippen LogP contribution in [-0.4, -0.2) is 48.3 Å². The monoisotopic (exact) mass is 460 g/mol. The Labute approximate surface area is 198 Å². The third-order valence-electron chi connectivity index (χ3n) is 6.41. The number of allylic oxidation sites excluding steroid dienone is 2. The molecular weight excluding hydrogens is 432 g/mol. The predicted molar refractivity (Wildman–Crippen MR) is 125 cm³/mol. The molecule has 0 radical (unpaired) electrons. The second-order valence-corrected chi connectivity index (χ2v) is 8.59. The topological polar surface area (TPSA) is 92.8 Å². The molecule has 0 spiro atoms. The number of imide groups is 1. The number of carbonyl (C=O) groups is 4. The van der Waals surface area contributed by atoms with Crippen LogP contribution in [0.2, 0.25) is 0 Å². The van der Waals surface area contributed by atoms with Crippen LogP contribution in [0.25, 0.3) is 0 Å². The van der Waals surface area contributed by atoms with Gasteiger partial charge in [-0.05, 0) is 30.4 Å². The molecule has 2 aromatic rings. The Kier molecular flexibility index (Phi) is 7.52. The van der Waals surface area contributed by atoms with E-state index in [0.29, 0.717) is 25.8 Å². The molecule has 1 saturated heterocycles. The van der Waals surface area contributed by atoms with Crippen LogP contribution in [0.4, 0.5) is 0 Å². The summed E-state index contributed by atoms with van der Waals surface area (Å²) in [6, 6.07) is 20.2. The fraction of sp³-hybridized carbons (Fsp3) is 0.333. The fourth-order valence-electron chi connectivity index (χ4n) is 4.65. The number of hydrogen-bond acceptors (Lipinski definition) is 5. The van der Waals surface area contributed by atoms with Crippen LogP contribution < -0.4 is 5.32 Å². The average Bonchev–Trinajstić information content (AvgIpc) is 3.11. The highest BCUT2D eigenvalue weighted by Gasteiger charge is 2.47. The number of carbonyl (C=O) groups excluding carboxylic acids is 4. The van der Waals surface area contributed by atoms with E-state index < -0.39 is 36.9 Å². The molecule has 1 aliphatic heterocycles. The second kappa shape index (κ2) is 10.9. The first-order valence-corrected chi connectivity index (χ1v) is 11.6. The highest BCUT2D eigenvalue weighted by molar-refractivity contribution is 6.07. The summed E-state index contributed by atoms with van der Waals surface area (Å²) < 4.78 is 5.03. The molecule has 7 heteroatoms. The molecule has 1 N–H and O–H groups in total. The van der Waals surface area contributed by atoms with E-state index in [1.54, 1.807) is 0 Å². The van der Waals surface area contributed by atoms with E-state index in [0.717, 1.165) is 16.0 Å². The van der Waals surface area contributed by atoms with Gasteiger partial charge in [0.25, 0.3) is 5.91 Å². The van der Waals surface area contributed by atoms with Gasteiger partial charge >= 0.3 is 5.97 Å². The third kappa shape index (κ3) is 5.42. The lowest BCUT2D eigenvalue weighted by molar-refractivity contribution is -0.154. The summed E-state index contributed by atoms with van der Waals surface area (Å²) in [5, 5.41) is 2.79. The summed E-state index contributed by atoms with van der Waals surface area (Å²) in [5.74, 6) is -2.54. The fourth-order valence-corrected chi connectivity index (χ4v) is 4.65. The van der Waals surface area contributed by atoms with Gasteiger partial charge in [-0.2, -0.15) is 0 Å². The van der Waals surface area contributed by atoms with Gasteiger partial charge in [0.15, 0.2) is 6.61 Å². The minimum atomic E-state index is -0.769. The number of amides is 3. The number of nitrogens with one attached hydrogen (secondary N) is 1. The molecule has 0 saturated carbocycles. The predicted octanol–water partition coefficient (Wildman–Crippen LogP) is 2.82. The molecule has 2 aliphatic rings. The Morgan fingerprint density at radius 1 is 0.882 bits per heavy atom. The highest BCUT2D eigenvalue weighted by atomic mass is 16.5. The van der Waals surface area contributed by atoms with E-state index >= 15 is 0 Å². The van der Waals surface area contributed by atoms with Gasteiger partial charge in [-0.25, -0.2) is 0 Å². The van der Waals surface area contributed by atoms with E-state index in [-0.39, 0.29) is 17.7 Å². The van der Waals surface area contributed by atoms with Gasteiger partial charge in [0.05, 0.1) is 11.8 Å². The smallest absolute Gasteiger partial charge is 0.326 e. The number of benzene rings is 2. The van der Waals surface area contributed by atoms with Crippen LogP contribution in [0.5, 0.6) is 0 Å².